The Morgan fingerprint density at radius 1 is 1.24 bits per heavy atom. The number of nitrogens with one attached hydrogen (secondary N) is 2. The number of carbonyl (C=O) groups is 2. The second-order valence-electron chi connectivity index (χ2n) is 9.59. The van der Waals surface area contributed by atoms with E-state index < -0.39 is 5.92 Å². The summed E-state index contributed by atoms with van der Waals surface area (Å²) in [5, 5.41) is 10.1. The summed E-state index contributed by atoms with van der Waals surface area (Å²) in [5.41, 5.74) is 5.44. The van der Waals surface area contributed by atoms with Crippen molar-refractivity contribution in [1.82, 2.24) is 35.2 Å². The third-order valence-electron chi connectivity index (χ3n) is 6.84. The van der Waals surface area contributed by atoms with Gasteiger partial charge in [-0.1, -0.05) is 26.2 Å². The monoisotopic (exact) mass is 476 g/mol. The molecule has 1 aromatic heterocycles. The molecule has 0 radical (unpaired) electrons. The summed E-state index contributed by atoms with van der Waals surface area (Å²) in [6.07, 6.45) is 9.89. The second kappa shape index (κ2) is 12.9. The summed E-state index contributed by atoms with van der Waals surface area (Å²) >= 11 is 0. The highest BCUT2D eigenvalue weighted by Crippen LogP contribution is 2.37. The molecule has 0 aromatic carbocycles. The van der Waals surface area contributed by atoms with Crippen molar-refractivity contribution < 1.29 is 14.8 Å². The van der Waals surface area contributed by atoms with Gasteiger partial charge in [0.2, 0.25) is 18.3 Å². The topological polar surface area (TPSA) is 127 Å². The quantitative estimate of drug-likeness (QED) is 0.160. The van der Waals surface area contributed by atoms with Gasteiger partial charge in [0.25, 0.3) is 0 Å². The molecular formula is C23H40N8O3. The van der Waals surface area contributed by atoms with Gasteiger partial charge >= 0.3 is 0 Å². The SMILES string of the molecule is CCCCCC(CN(O)C=O)C(=O)NNc1ncnc([C@@H](C)N(C2CC2)C2CCN(C)CC2)n1. The molecule has 11 heteroatoms. The number of anilines is 1. The van der Waals surface area contributed by atoms with Crippen molar-refractivity contribution in [3.63, 3.8) is 0 Å². The normalized spacial score (nSPS) is 19.0. The first-order chi connectivity index (χ1) is 16.4. The molecule has 190 valence electrons. The van der Waals surface area contributed by atoms with Gasteiger partial charge in [-0.05, 0) is 59.2 Å². The zero-order valence-electron chi connectivity index (χ0n) is 20.7. The van der Waals surface area contributed by atoms with Crippen molar-refractivity contribution in [3.05, 3.63) is 12.2 Å². The van der Waals surface area contributed by atoms with E-state index in [0.29, 0.717) is 35.8 Å². The highest BCUT2D eigenvalue weighted by Gasteiger charge is 2.39. The number of hydrogen-bond acceptors (Lipinski definition) is 9. The number of amides is 2. The number of nitrogens with zero attached hydrogens (tertiary/aromatic N) is 6. The van der Waals surface area contributed by atoms with Gasteiger partial charge in [-0.3, -0.25) is 30.5 Å². The minimum Gasteiger partial charge on any atom is -0.306 e. The summed E-state index contributed by atoms with van der Waals surface area (Å²) in [5.74, 6) is 0.0923. The minimum atomic E-state index is -0.538. The van der Waals surface area contributed by atoms with Crippen molar-refractivity contribution in [2.75, 3.05) is 32.1 Å². The maximum Gasteiger partial charge on any atom is 0.245 e. The first kappa shape index (κ1) is 26.2. The highest BCUT2D eigenvalue weighted by molar-refractivity contribution is 5.80. The molecule has 1 unspecified atom stereocenters. The number of hydrazine groups is 1. The lowest BCUT2D eigenvalue weighted by Crippen LogP contribution is -2.46. The Kier molecular flexibility index (Phi) is 9.97. The van der Waals surface area contributed by atoms with E-state index in [2.05, 4.69) is 56.5 Å². The van der Waals surface area contributed by atoms with E-state index in [9.17, 15) is 14.8 Å². The van der Waals surface area contributed by atoms with Gasteiger partial charge in [-0.15, -0.1) is 0 Å². The van der Waals surface area contributed by atoms with Crippen LogP contribution in [0, 0.1) is 5.92 Å². The summed E-state index contributed by atoms with van der Waals surface area (Å²) < 4.78 is 0. The molecule has 2 aliphatic rings. The first-order valence-corrected chi connectivity index (χ1v) is 12.5. The van der Waals surface area contributed by atoms with Crippen LogP contribution < -0.4 is 10.9 Å². The van der Waals surface area contributed by atoms with Gasteiger partial charge in [0.15, 0.2) is 5.82 Å². The van der Waals surface area contributed by atoms with Crippen LogP contribution in [0.2, 0.25) is 0 Å². The maximum atomic E-state index is 12.7. The Balaban J connectivity index is 1.61. The third kappa shape index (κ3) is 7.57. The van der Waals surface area contributed by atoms with Crippen LogP contribution in [0.1, 0.15) is 77.1 Å². The van der Waals surface area contributed by atoms with Crippen molar-refractivity contribution in [1.29, 1.82) is 0 Å². The number of unbranched alkanes of at least 4 members (excludes halogenated alkanes) is 2. The van der Waals surface area contributed by atoms with Gasteiger partial charge < -0.3 is 4.90 Å². The Morgan fingerprint density at radius 3 is 2.59 bits per heavy atom. The molecule has 0 spiro atoms. The Morgan fingerprint density at radius 2 is 1.94 bits per heavy atom. The third-order valence-corrected chi connectivity index (χ3v) is 6.84. The highest BCUT2D eigenvalue weighted by atomic mass is 16.5. The standard InChI is InChI=1S/C23H40N8O3/c1-4-5-6-7-18(14-30(34)16-32)22(33)27-28-23-25-15-24-21(26-23)17(2)31(19-8-9-19)20-10-12-29(3)13-11-20/h15-20,34H,4-14H2,1-3H3,(H,27,33)(H,24,25,26,28)/t17-,18?/m1/s1. The molecule has 2 fully saturated rings. The number of rotatable bonds is 14. The second-order valence-corrected chi connectivity index (χ2v) is 9.59. The molecule has 1 saturated heterocycles. The predicted molar refractivity (Wildman–Crippen MR) is 128 cm³/mol. The molecule has 3 N–H and O–H groups in total. The smallest absolute Gasteiger partial charge is 0.245 e. The first-order valence-electron chi connectivity index (χ1n) is 12.5. The maximum absolute atomic E-state index is 12.7. The lowest BCUT2D eigenvalue weighted by Gasteiger charge is -2.40. The number of carbonyl (C=O) groups excluding carboxylic acids is 2. The van der Waals surface area contributed by atoms with Crippen LogP contribution in [0.3, 0.4) is 0 Å². The van der Waals surface area contributed by atoms with Crippen LogP contribution in [0.15, 0.2) is 6.33 Å². The Labute approximate surface area is 202 Å². The fourth-order valence-electron chi connectivity index (χ4n) is 4.73. The lowest BCUT2D eigenvalue weighted by molar-refractivity contribution is -0.154. The van der Waals surface area contributed by atoms with Gasteiger partial charge in [0.05, 0.1) is 18.5 Å². The number of piperidine rings is 1. The van der Waals surface area contributed by atoms with Gasteiger partial charge in [0, 0.05) is 12.1 Å². The summed E-state index contributed by atoms with van der Waals surface area (Å²) in [7, 11) is 2.17. The predicted octanol–water partition coefficient (Wildman–Crippen LogP) is 1.98. The molecule has 1 aromatic rings. The van der Waals surface area contributed by atoms with Crippen LogP contribution in [0.25, 0.3) is 0 Å². The average molecular weight is 477 g/mol. The van der Waals surface area contributed by atoms with Crippen LogP contribution in [0.4, 0.5) is 5.95 Å². The minimum absolute atomic E-state index is 0.0532. The molecule has 0 bridgehead atoms. The van der Waals surface area contributed by atoms with Crippen LogP contribution in [-0.2, 0) is 9.59 Å². The van der Waals surface area contributed by atoms with E-state index in [0.717, 1.165) is 45.2 Å². The number of likely N-dealkylation sites (tertiary alicyclic amines) is 1. The van der Waals surface area contributed by atoms with E-state index in [4.69, 9.17) is 0 Å². The van der Waals surface area contributed by atoms with E-state index in [-0.39, 0.29) is 24.4 Å². The largest absolute Gasteiger partial charge is 0.306 e. The molecule has 3 rings (SSSR count). The van der Waals surface area contributed by atoms with E-state index in [1.807, 2.05) is 0 Å². The molecule has 1 aliphatic carbocycles. The summed E-state index contributed by atoms with van der Waals surface area (Å²) in [6, 6.07) is 1.16. The van der Waals surface area contributed by atoms with Crippen LogP contribution in [0.5, 0.6) is 0 Å². The van der Waals surface area contributed by atoms with Crippen molar-refractivity contribution in [2.45, 2.75) is 83.3 Å². The van der Waals surface area contributed by atoms with E-state index in [1.165, 1.54) is 19.2 Å². The zero-order chi connectivity index (χ0) is 24.5. The molecule has 11 nitrogen and oxygen atoms in total. The van der Waals surface area contributed by atoms with E-state index in [1.54, 1.807) is 0 Å². The van der Waals surface area contributed by atoms with Crippen LogP contribution in [-0.4, -0.2) is 86.1 Å². The number of hydroxylamine groups is 2. The fraction of sp³-hybridized carbons (Fsp3) is 0.783. The van der Waals surface area contributed by atoms with Crippen LogP contribution >= 0.6 is 0 Å². The Hall–Kier alpha value is -2.37. The van der Waals surface area contributed by atoms with Gasteiger partial charge in [0.1, 0.15) is 6.33 Å². The molecule has 1 saturated carbocycles. The Bertz CT molecular complexity index is 785. The summed E-state index contributed by atoms with van der Waals surface area (Å²) in [6.45, 7) is 6.37. The molecule has 34 heavy (non-hydrogen) atoms. The average Bonchev–Trinajstić information content (AvgIpc) is 3.68. The fourth-order valence-corrected chi connectivity index (χ4v) is 4.73. The van der Waals surface area contributed by atoms with E-state index >= 15 is 0 Å². The summed E-state index contributed by atoms with van der Waals surface area (Å²) in [4.78, 5) is 41.6. The van der Waals surface area contributed by atoms with Gasteiger partial charge in [-0.25, -0.2) is 10.0 Å². The van der Waals surface area contributed by atoms with Crippen molar-refractivity contribution >= 4 is 18.3 Å². The number of hydrogen-bond donors (Lipinski definition) is 3. The zero-order valence-corrected chi connectivity index (χ0v) is 20.7. The molecule has 2 heterocycles. The van der Waals surface area contributed by atoms with Crippen molar-refractivity contribution in [3.8, 4) is 0 Å². The molecule has 2 amide bonds. The van der Waals surface area contributed by atoms with Gasteiger partial charge in [-0.2, -0.15) is 9.97 Å². The molecular weight excluding hydrogens is 436 g/mol. The molecule has 2 atom stereocenters. The van der Waals surface area contributed by atoms with Crippen molar-refractivity contribution in [2.24, 2.45) is 5.92 Å². The number of aromatic nitrogens is 3. The molecule has 1 aliphatic heterocycles. The lowest BCUT2D eigenvalue weighted by atomic mass is 10.0.